The van der Waals surface area contributed by atoms with Gasteiger partial charge in [0.1, 0.15) is 23.7 Å². The first-order valence-corrected chi connectivity index (χ1v) is 10.8. The lowest BCUT2D eigenvalue weighted by atomic mass is 10.1. The van der Waals surface area contributed by atoms with Crippen LogP contribution in [0, 0.1) is 15.9 Å². The van der Waals surface area contributed by atoms with Crippen LogP contribution in [0.15, 0.2) is 76.8 Å². The number of urea groups is 1. The Hall–Kier alpha value is -4.38. The highest BCUT2D eigenvalue weighted by atomic mass is 79.9. The van der Waals surface area contributed by atoms with Crippen LogP contribution in [-0.4, -0.2) is 22.8 Å². The summed E-state index contributed by atoms with van der Waals surface area (Å²) in [6.45, 7) is 0.0797. The predicted octanol–water partition coefficient (Wildman–Crippen LogP) is 4.74. The minimum Gasteiger partial charge on any atom is -0.488 e. The van der Waals surface area contributed by atoms with Crippen molar-refractivity contribution >= 4 is 51.2 Å². The number of hydrogen-bond donors (Lipinski definition) is 1. The number of nitro benzene ring substituents is 1. The van der Waals surface area contributed by atoms with E-state index < -0.39 is 28.6 Å². The van der Waals surface area contributed by atoms with E-state index in [4.69, 9.17) is 4.74 Å². The number of amides is 4. The Balaban J connectivity index is 1.54. The fraction of sp³-hybridized carbons (Fsp3) is 0.0417. The smallest absolute Gasteiger partial charge is 0.335 e. The summed E-state index contributed by atoms with van der Waals surface area (Å²) in [6, 6.07) is 14.6. The summed E-state index contributed by atoms with van der Waals surface area (Å²) in [4.78, 5) is 48.7. The maximum absolute atomic E-state index is 13.2. The second kappa shape index (κ2) is 9.85. The minimum absolute atomic E-state index is 0.0456. The summed E-state index contributed by atoms with van der Waals surface area (Å²) < 4.78 is 19.5. The molecule has 35 heavy (non-hydrogen) atoms. The van der Waals surface area contributed by atoms with Gasteiger partial charge in [-0.25, -0.2) is 14.1 Å². The van der Waals surface area contributed by atoms with Crippen molar-refractivity contribution in [2.45, 2.75) is 6.61 Å². The molecule has 1 aliphatic rings. The Morgan fingerprint density at radius 1 is 1.06 bits per heavy atom. The number of imide groups is 2. The number of halogens is 2. The number of nitrogens with zero attached hydrogens (tertiary/aromatic N) is 2. The largest absolute Gasteiger partial charge is 0.488 e. The van der Waals surface area contributed by atoms with Crippen LogP contribution in [0.25, 0.3) is 6.08 Å². The molecule has 1 N–H and O–H groups in total. The molecule has 1 fully saturated rings. The Kier molecular flexibility index (Phi) is 6.69. The monoisotopic (exact) mass is 539 g/mol. The quantitative estimate of drug-likeness (QED) is 0.209. The molecule has 0 radical (unpaired) electrons. The molecule has 0 spiro atoms. The van der Waals surface area contributed by atoms with Crippen LogP contribution in [-0.2, 0) is 16.2 Å². The van der Waals surface area contributed by atoms with E-state index in [9.17, 15) is 28.9 Å². The number of carbonyl (C=O) groups is 3. The van der Waals surface area contributed by atoms with Gasteiger partial charge in [-0.3, -0.25) is 25.0 Å². The number of carbonyl (C=O) groups excluding carboxylic acids is 3. The molecule has 3 aromatic carbocycles. The Bertz CT molecular complexity index is 1390. The zero-order chi connectivity index (χ0) is 25.1. The van der Waals surface area contributed by atoms with Crippen molar-refractivity contribution in [2.75, 3.05) is 4.90 Å². The molecule has 1 heterocycles. The van der Waals surface area contributed by atoms with Crippen molar-refractivity contribution in [3.8, 4) is 5.75 Å². The van der Waals surface area contributed by atoms with Crippen LogP contribution in [0.3, 0.4) is 0 Å². The summed E-state index contributed by atoms with van der Waals surface area (Å²) >= 11 is 3.37. The van der Waals surface area contributed by atoms with Gasteiger partial charge in [-0.05, 0) is 69.5 Å². The van der Waals surface area contributed by atoms with Gasteiger partial charge in [0.2, 0.25) is 0 Å². The van der Waals surface area contributed by atoms with Gasteiger partial charge in [0.25, 0.3) is 17.5 Å². The number of ether oxygens (including phenoxy) is 1. The van der Waals surface area contributed by atoms with Gasteiger partial charge < -0.3 is 4.74 Å². The molecule has 0 aromatic heterocycles. The predicted molar refractivity (Wildman–Crippen MR) is 127 cm³/mol. The third-order valence-corrected chi connectivity index (χ3v) is 5.59. The normalized spacial score (nSPS) is 14.7. The van der Waals surface area contributed by atoms with Gasteiger partial charge in [-0.15, -0.1) is 0 Å². The van der Waals surface area contributed by atoms with E-state index >= 15 is 0 Å². The summed E-state index contributed by atoms with van der Waals surface area (Å²) in [5, 5.41) is 13.0. The van der Waals surface area contributed by atoms with Crippen LogP contribution in [0.2, 0.25) is 0 Å². The molecule has 0 saturated carbocycles. The van der Waals surface area contributed by atoms with Crippen LogP contribution < -0.4 is 15.0 Å². The van der Waals surface area contributed by atoms with Crippen molar-refractivity contribution in [2.24, 2.45) is 0 Å². The van der Waals surface area contributed by atoms with Gasteiger partial charge in [-0.2, -0.15) is 0 Å². The first kappa shape index (κ1) is 23.8. The van der Waals surface area contributed by atoms with E-state index in [0.717, 1.165) is 17.0 Å². The number of nitrogens with one attached hydrogen (secondary N) is 1. The van der Waals surface area contributed by atoms with E-state index in [-0.39, 0.29) is 23.6 Å². The van der Waals surface area contributed by atoms with Gasteiger partial charge >= 0.3 is 6.03 Å². The van der Waals surface area contributed by atoms with E-state index in [1.54, 1.807) is 30.3 Å². The standard InChI is InChI=1S/C24H15BrFN3O6/c25-20-12-14(4-9-21(20)35-13-15-2-1-3-18(10-15)29(33)34)11-19-22(30)27-24(32)28(23(19)31)17-7-5-16(26)6-8-17/h1-12H,13H2,(H,27,30,32)/b19-11+. The van der Waals surface area contributed by atoms with Crippen molar-refractivity contribution in [1.29, 1.82) is 0 Å². The maximum atomic E-state index is 13.2. The van der Waals surface area contributed by atoms with Gasteiger partial charge in [0.15, 0.2) is 0 Å². The fourth-order valence-corrected chi connectivity index (χ4v) is 3.80. The number of hydrogen-bond acceptors (Lipinski definition) is 6. The molecule has 0 atom stereocenters. The Labute approximate surface area is 206 Å². The molecule has 4 rings (SSSR count). The lowest BCUT2D eigenvalue weighted by Gasteiger charge is -2.26. The maximum Gasteiger partial charge on any atom is 0.335 e. The molecule has 1 saturated heterocycles. The third kappa shape index (κ3) is 5.25. The van der Waals surface area contributed by atoms with Crippen molar-refractivity contribution in [1.82, 2.24) is 5.32 Å². The number of benzene rings is 3. The van der Waals surface area contributed by atoms with E-state index in [1.165, 1.54) is 30.3 Å². The van der Waals surface area contributed by atoms with Gasteiger partial charge in [-0.1, -0.05) is 18.2 Å². The molecule has 9 nitrogen and oxygen atoms in total. The zero-order valence-electron chi connectivity index (χ0n) is 17.7. The first-order chi connectivity index (χ1) is 16.7. The molecular weight excluding hydrogens is 525 g/mol. The molecule has 4 amide bonds. The van der Waals surface area contributed by atoms with Gasteiger partial charge in [0.05, 0.1) is 15.1 Å². The van der Waals surface area contributed by atoms with Crippen LogP contribution in [0.1, 0.15) is 11.1 Å². The van der Waals surface area contributed by atoms with Gasteiger partial charge in [0, 0.05) is 12.1 Å². The van der Waals surface area contributed by atoms with Crippen molar-refractivity contribution < 1.29 is 28.4 Å². The fourth-order valence-electron chi connectivity index (χ4n) is 3.29. The van der Waals surface area contributed by atoms with Crippen molar-refractivity contribution in [3.05, 3.63) is 104 Å². The Morgan fingerprint density at radius 2 is 1.80 bits per heavy atom. The van der Waals surface area contributed by atoms with Crippen LogP contribution in [0.5, 0.6) is 5.75 Å². The first-order valence-electron chi connectivity index (χ1n) is 10.1. The molecule has 11 heteroatoms. The Morgan fingerprint density at radius 3 is 2.49 bits per heavy atom. The number of non-ortho nitro benzene ring substituents is 1. The van der Waals surface area contributed by atoms with E-state index in [1.807, 2.05) is 0 Å². The average molecular weight is 540 g/mol. The average Bonchev–Trinajstić information content (AvgIpc) is 2.82. The number of anilines is 1. The highest BCUT2D eigenvalue weighted by Crippen LogP contribution is 2.29. The summed E-state index contributed by atoms with van der Waals surface area (Å²) in [5.41, 5.74) is 0.846. The lowest BCUT2D eigenvalue weighted by molar-refractivity contribution is -0.384. The molecule has 0 aliphatic carbocycles. The molecule has 176 valence electrons. The topological polar surface area (TPSA) is 119 Å². The number of rotatable bonds is 6. The number of barbiturate groups is 1. The summed E-state index contributed by atoms with van der Waals surface area (Å²) in [6.07, 6.45) is 1.32. The van der Waals surface area contributed by atoms with E-state index in [2.05, 4.69) is 21.2 Å². The minimum atomic E-state index is -0.935. The van der Waals surface area contributed by atoms with Crippen LogP contribution in [0.4, 0.5) is 20.6 Å². The van der Waals surface area contributed by atoms with Crippen molar-refractivity contribution in [3.63, 3.8) is 0 Å². The molecule has 0 bridgehead atoms. The van der Waals surface area contributed by atoms with Crippen LogP contribution >= 0.6 is 15.9 Å². The summed E-state index contributed by atoms with van der Waals surface area (Å²) in [5.74, 6) is -1.82. The molecule has 0 unspecified atom stereocenters. The number of nitro groups is 1. The second-order valence-electron chi connectivity index (χ2n) is 7.34. The second-order valence-corrected chi connectivity index (χ2v) is 8.19. The highest BCUT2D eigenvalue weighted by molar-refractivity contribution is 9.10. The third-order valence-electron chi connectivity index (χ3n) is 4.97. The molecular formula is C24H15BrFN3O6. The zero-order valence-corrected chi connectivity index (χ0v) is 19.3. The molecule has 3 aromatic rings. The SMILES string of the molecule is O=C1NC(=O)N(c2ccc(F)cc2)C(=O)/C1=C/c1ccc(OCc2cccc([N+](=O)[O-])c2)c(Br)c1. The van der Waals surface area contributed by atoms with E-state index in [0.29, 0.717) is 21.3 Å². The lowest BCUT2D eigenvalue weighted by Crippen LogP contribution is -2.54. The highest BCUT2D eigenvalue weighted by Gasteiger charge is 2.36. The molecule has 1 aliphatic heterocycles. The summed E-state index contributed by atoms with van der Waals surface area (Å²) in [7, 11) is 0.